The van der Waals surface area contributed by atoms with Crippen LogP contribution in [-0.4, -0.2) is 35.1 Å². The van der Waals surface area contributed by atoms with E-state index in [1.165, 1.54) is 44.9 Å². The van der Waals surface area contributed by atoms with Crippen LogP contribution < -0.4 is 0 Å². The molecule has 0 heterocycles. The van der Waals surface area contributed by atoms with Crippen LogP contribution in [0.4, 0.5) is 0 Å². The van der Waals surface area contributed by atoms with E-state index in [1.54, 1.807) is 0 Å². The van der Waals surface area contributed by atoms with E-state index in [0.29, 0.717) is 24.4 Å². The normalized spacial score (nSPS) is 22.3. The molecule has 0 radical (unpaired) electrons. The summed E-state index contributed by atoms with van der Waals surface area (Å²) in [5.74, 6) is 0.891. The Morgan fingerprint density at radius 2 is 1.67 bits per heavy atom. The van der Waals surface area contributed by atoms with E-state index in [1.807, 2.05) is 4.90 Å². The summed E-state index contributed by atoms with van der Waals surface area (Å²) in [5.41, 5.74) is 0. The molecule has 1 N–H and O–H groups in total. The van der Waals surface area contributed by atoms with Crippen molar-refractivity contribution in [3.63, 3.8) is 0 Å². The molecular formula is C15H27NO2. The van der Waals surface area contributed by atoms with Gasteiger partial charge in [-0.15, -0.1) is 0 Å². The van der Waals surface area contributed by atoms with Gasteiger partial charge in [-0.05, 0) is 38.0 Å². The van der Waals surface area contributed by atoms with Gasteiger partial charge in [-0.1, -0.05) is 25.7 Å². The Hall–Kier alpha value is -0.570. The molecule has 0 unspecified atom stereocenters. The average molecular weight is 253 g/mol. The first-order valence-electron chi connectivity index (χ1n) is 7.71. The molecule has 0 aromatic rings. The number of amides is 1. The zero-order chi connectivity index (χ0) is 12.8. The lowest BCUT2D eigenvalue weighted by atomic mass is 9.90. The molecule has 0 bridgehead atoms. The first-order chi connectivity index (χ1) is 8.81. The van der Waals surface area contributed by atoms with Gasteiger partial charge in [0.25, 0.3) is 0 Å². The quantitative estimate of drug-likeness (QED) is 0.765. The SMILES string of the molecule is O=C(CC1CCCCCC1)N(CCO)C1CCC1. The van der Waals surface area contributed by atoms with Gasteiger partial charge in [0.2, 0.25) is 5.91 Å². The van der Waals surface area contributed by atoms with E-state index < -0.39 is 0 Å². The molecule has 2 aliphatic rings. The molecule has 2 fully saturated rings. The van der Waals surface area contributed by atoms with Crippen LogP contribution in [0, 0.1) is 5.92 Å². The van der Waals surface area contributed by atoms with Gasteiger partial charge in [-0.3, -0.25) is 4.79 Å². The maximum absolute atomic E-state index is 12.4. The van der Waals surface area contributed by atoms with Crippen molar-refractivity contribution in [1.29, 1.82) is 0 Å². The molecule has 2 saturated carbocycles. The number of nitrogens with zero attached hydrogens (tertiary/aromatic N) is 1. The van der Waals surface area contributed by atoms with Crippen LogP contribution >= 0.6 is 0 Å². The monoisotopic (exact) mass is 253 g/mol. The zero-order valence-electron chi connectivity index (χ0n) is 11.4. The topological polar surface area (TPSA) is 40.5 Å². The largest absolute Gasteiger partial charge is 0.395 e. The molecule has 3 heteroatoms. The van der Waals surface area contributed by atoms with Crippen LogP contribution in [0.3, 0.4) is 0 Å². The molecule has 1 amide bonds. The first kappa shape index (κ1) is 13.9. The fourth-order valence-corrected chi connectivity index (χ4v) is 3.25. The summed E-state index contributed by atoms with van der Waals surface area (Å²) in [5, 5.41) is 9.11. The third-order valence-corrected chi connectivity index (χ3v) is 4.61. The van der Waals surface area contributed by atoms with Crippen molar-refractivity contribution in [3.8, 4) is 0 Å². The van der Waals surface area contributed by atoms with E-state index in [4.69, 9.17) is 5.11 Å². The van der Waals surface area contributed by atoms with Gasteiger partial charge in [0.1, 0.15) is 0 Å². The second-order valence-electron chi connectivity index (χ2n) is 5.96. The van der Waals surface area contributed by atoms with Gasteiger partial charge in [-0.2, -0.15) is 0 Å². The highest BCUT2D eigenvalue weighted by molar-refractivity contribution is 5.77. The van der Waals surface area contributed by atoms with Crippen molar-refractivity contribution in [1.82, 2.24) is 4.90 Å². The lowest BCUT2D eigenvalue weighted by Crippen LogP contribution is -2.46. The highest BCUT2D eigenvalue weighted by atomic mass is 16.3. The fourth-order valence-electron chi connectivity index (χ4n) is 3.25. The van der Waals surface area contributed by atoms with Crippen molar-refractivity contribution < 1.29 is 9.90 Å². The Morgan fingerprint density at radius 3 is 2.17 bits per heavy atom. The van der Waals surface area contributed by atoms with Crippen LogP contribution in [0.15, 0.2) is 0 Å². The number of aliphatic hydroxyl groups is 1. The second-order valence-corrected chi connectivity index (χ2v) is 5.96. The predicted molar refractivity (Wildman–Crippen MR) is 72.2 cm³/mol. The van der Waals surface area contributed by atoms with Gasteiger partial charge >= 0.3 is 0 Å². The van der Waals surface area contributed by atoms with Crippen LogP contribution in [0.2, 0.25) is 0 Å². The van der Waals surface area contributed by atoms with Gasteiger partial charge in [0.05, 0.1) is 6.61 Å². The third-order valence-electron chi connectivity index (χ3n) is 4.61. The van der Waals surface area contributed by atoms with E-state index in [-0.39, 0.29) is 6.61 Å². The molecule has 2 aliphatic carbocycles. The third kappa shape index (κ3) is 3.71. The zero-order valence-corrected chi connectivity index (χ0v) is 11.4. The molecule has 0 spiro atoms. The molecule has 0 saturated heterocycles. The van der Waals surface area contributed by atoms with Crippen molar-refractivity contribution in [2.75, 3.05) is 13.2 Å². The highest BCUT2D eigenvalue weighted by Crippen LogP contribution is 2.29. The maximum atomic E-state index is 12.4. The molecule has 104 valence electrons. The summed E-state index contributed by atoms with van der Waals surface area (Å²) in [6.07, 6.45) is 11.9. The Morgan fingerprint density at radius 1 is 1.00 bits per heavy atom. The summed E-state index contributed by atoms with van der Waals surface area (Å²) >= 11 is 0. The molecule has 0 aliphatic heterocycles. The summed E-state index contributed by atoms with van der Waals surface area (Å²) in [6, 6.07) is 0.426. The van der Waals surface area contributed by atoms with Crippen LogP contribution in [-0.2, 0) is 4.79 Å². The summed E-state index contributed by atoms with van der Waals surface area (Å²) in [7, 11) is 0. The average Bonchev–Trinajstić information content (AvgIpc) is 2.54. The molecule has 3 nitrogen and oxygen atoms in total. The minimum atomic E-state index is 0.104. The van der Waals surface area contributed by atoms with Crippen molar-refractivity contribution in [2.24, 2.45) is 5.92 Å². The summed E-state index contributed by atoms with van der Waals surface area (Å²) < 4.78 is 0. The number of rotatable bonds is 5. The van der Waals surface area contributed by atoms with Crippen LogP contribution in [0.1, 0.15) is 64.2 Å². The van der Waals surface area contributed by atoms with Gasteiger partial charge < -0.3 is 10.0 Å². The number of hydrogen-bond donors (Lipinski definition) is 1. The lowest BCUT2D eigenvalue weighted by Gasteiger charge is -2.38. The van der Waals surface area contributed by atoms with Gasteiger partial charge in [0.15, 0.2) is 0 Å². The highest BCUT2D eigenvalue weighted by Gasteiger charge is 2.29. The van der Waals surface area contributed by atoms with Gasteiger partial charge in [-0.25, -0.2) is 0 Å². The first-order valence-corrected chi connectivity index (χ1v) is 7.71. The number of carbonyl (C=O) groups is 1. The molecular weight excluding hydrogens is 226 g/mol. The summed E-state index contributed by atoms with van der Waals surface area (Å²) in [4.78, 5) is 14.3. The van der Waals surface area contributed by atoms with Gasteiger partial charge in [0, 0.05) is 19.0 Å². The Kier molecular flexibility index (Phi) is 5.48. The fraction of sp³-hybridized carbons (Fsp3) is 0.933. The van der Waals surface area contributed by atoms with Crippen LogP contribution in [0.25, 0.3) is 0 Å². The molecule has 2 rings (SSSR count). The Bertz CT molecular complexity index is 255. The molecule has 0 atom stereocenters. The standard InChI is InChI=1S/C15H27NO2/c17-11-10-16(14-8-5-9-14)15(18)12-13-6-3-1-2-4-7-13/h13-14,17H,1-12H2. The molecule has 0 aromatic carbocycles. The number of aliphatic hydroxyl groups excluding tert-OH is 1. The van der Waals surface area contributed by atoms with Crippen molar-refractivity contribution in [2.45, 2.75) is 70.3 Å². The van der Waals surface area contributed by atoms with E-state index >= 15 is 0 Å². The minimum Gasteiger partial charge on any atom is -0.395 e. The molecule has 0 aromatic heterocycles. The number of hydrogen-bond acceptors (Lipinski definition) is 2. The maximum Gasteiger partial charge on any atom is 0.223 e. The number of carbonyl (C=O) groups excluding carboxylic acids is 1. The smallest absolute Gasteiger partial charge is 0.223 e. The minimum absolute atomic E-state index is 0.104. The van der Waals surface area contributed by atoms with E-state index in [0.717, 1.165) is 19.3 Å². The summed E-state index contributed by atoms with van der Waals surface area (Å²) in [6.45, 7) is 0.642. The van der Waals surface area contributed by atoms with Crippen molar-refractivity contribution in [3.05, 3.63) is 0 Å². The van der Waals surface area contributed by atoms with E-state index in [9.17, 15) is 4.79 Å². The Balaban J connectivity index is 1.83. The van der Waals surface area contributed by atoms with Crippen molar-refractivity contribution >= 4 is 5.91 Å². The van der Waals surface area contributed by atoms with E-state index in [2.05, 4.69) is 0 Å². The Labute approximate surface area is 111 Å². The predicted octanol–water partition coefficient (Wildman–Crippen LogP) is 2.72. The molecule has 18 heavy (non-hydrogen) atoms. The van der Waals surface area contributed by atoms with Crippen LogP contribution in [0.5, 0.6) is 0 Å². The lowest BCUT2D eigenvalue weighted by molar-refractivity contribution is -0.137. The second kappa shape index (κ2) is 7.13.